The molecule has 4 heteroatoms. The number of aryl methyl sites for hydroxylation is 2. The van der Waals surface area contributed by atoms with Crippen molar-refractivity contribution in [2.75, 3.05) is 0 Å². The van der Waals surface area contributed by atoms with Crippen LogP contribution in [0.5, 0.6) is 0 Å². The van der Waals surface area contributed by atoms with Gasteiger partial charge in [0.25, 0.3) is 5.91 Å². The van der Waals surface area contributed by atoms with Gasteiger partial charge >= 0.3 is 0 Å². The van der Waals surface area contributed by atoms with E-state index in [0.717, 1.165) is 34.1 Å². The van der Waals surface area contributed by atoms with Gasteiger partial charge in [0, 0.05) is 12.1 Å². The molecule has 0 bridgehead atoms. The Labute approximate surface area is 156 Å². The summed E-state index contributed by atoms with van der Waals surface area (Å²) in [5.74, 6) is -0.191. The zero-order chi connectivity index (χ0) is 18.1. The van der Waals surface area contributed by atoms with Crippen molar-refractivity contribution in [1.82, 2.24) is 4.57 Å². The number of benzene rings is 3. The fourth-order valence-corrected chi connectivity index (χ4v) is 4.33. The first kappa shape index (κ1) is 16.7. The van der Waals surface area contributed by atoms with Crippen LogP contribution in [0.15, 0.2) is 65.7 Å². The third kappa shape index (κ3) is 3.08. The third-order valence-electron chi connectivity index (χ3n) is 4.48. The van der Waals surface area contributed by atoms with Crippen molar-refractivity contribution in [3.05, 3.63) is 76.6 Å². The molecule has 4 rings (SSSR count). The minimum absolute atomic E-state index is 0.191. The van der Waals surface area contributed by atoms with Gasteiger partial charge in [0.15, 0.2) is 4.80 Å². The molecule has 0 aliphatic carbocycles. The fourth-order valence-electron chi connectivity index (χ4n) is 3.18. The molecule has 0 fully saturated rings. The average molecular weight is 360 g/mol. The highest BCUT2D eigenvalue weighted by molar-refractivity contribution is 7.16. The van der Waals surface area contributed by atoms with Crippen molar-refractivity contribution in [1.29, 1.82) is 0 Å². The maximum atomic E-state index is 12.8. The molecule has 1 aromatic heterocycles. The number of hydrogen-bond donors (Lipinski definition) is 0. The van der Waals surface area contributed by atoms with Crippen molar-refractivity contribution in [2.45, 2.75) is 26.8 Å². The van der Waals surface area contributed by atoms with E-state index in [1.54, 1.807) is 11.3 Å². The predicted octanol–water partition coefficient (Wildman–Crippen LogP) is 5.32. The summed E-state index contributed by atoms with van der Waals surface area (Å²) < 4.78 is 3.32. The van der Waals surface area contributed by atoms with E-state index in [-0.39, 0.29) is 5.91 Å². The minimum atomic E-state index is -0.191. The number of aromatic nitrogens is 1. The summed E-state index contributed by atoms with van der Waals surface area (Å²) in [6.45, 7) is 5.08. The number of hydrogen-bond acceptors (Lipinski definition) is 2. The van der Waals surface area contributed by atoms with E-state index in [0.29, 0.717) is 5.56 Å². The molecule has 0 spiro atoms. The van der Waals surface area contributed by atoms with Crippen molar-refractivity contribution < 1.29 is 4.79 Å². The van der Waals surface area contributed by atoms with Crippen LogP contribution >= 0.6 is 11.3 Å². The van der Waals surface area contributed by atoms with E-state index in [4.69, 9.17) is 0 Å². The summed E-state index contributed by atoms with van der Waals surface area (Å²) in [5, 5.41) is 2.18. The van der Waals surface area contributed by atoms with Gasteiger partial charge in [0.05, 0.1) is 10.2 Å². The third-order valence-corrected chi connectivity index (χ3v) is 5.52. The van der Waals surface area contributed by atoms with Gasteiger partial charge in [-0.25, -0.2) is 0 Å². The fraction of sp³-hybridized carbons (Fsp3) is 0.182. The second-order valence-electron chi connectivity index (χ2n) is 6.49. The van der Waals surface area contributed by atoms with Gasteiger partial charge in [-0.3, -0.25) is 4.79 Å². The van der Waals surface area contributed by atoms with E-state index in [1.165, 1.54) is 10.3 Å². The van der Waals surface area contributed by atoms with Crippen LogP contribution in [-0.2, 0) is 6.54 Å². The molecule has 0 saturated carbocycles. The standard InChI is InChI=1S/C22H20N2OS/c1-3-12-24-19-11-8-15(2)13-20(19)26-22(24)23-21(25)18-10-9-16-6-4-5-7-17(16)14-18/h4-11,13-14H,3,12H2,1-2H3. The lowest BCUT2D eigenvalue weighted by molar-refractivity contribution is 0.0998. The molecular weight excluding hydrogens is 340 g/mol. The maximum Gasteiger partial charge on any atom is 0.279 e. The van der Waals surface area contributed by atoms with E-state index in [9.17, 15) is 4.79 Å². The molecular formula is C22H20N2OS. The van der Waals surface area contributed by atoms with Gasteiger partial charge in [-0.1, -0.05) is 54.7 Å². The van der Waals surface area contributed by atoms with Crippen LogP contribution in [0.25, 0.3) is 21.0 Å². The molecule has 0 saturated heterocycles. The van der Waals surface area contributed by atoms with E-state index >= 15 is 0 Å². The summed E-state index contributed by atoms with van der Waals surface area (Å²) in [4.78, 5) is 18.0. The Morgan fingerprint density at radius 1 is 1.04 bits per heavy atom. The quantitative estimate of drug-likeness (QED) is 0.487. The van der Waals surface area contributed by atoms with Crippen LogP contribution in [0, 0.1) is 6.92 Å². The van der Waals surface area contributed by atoms with Crippen LogP contribution in [0.4, 0.5) is 0 Å². The molecule has 0 radical (unpaired) electrons. The lowest BCUT2D eigenvalue weighted by atomic mass is 10.1. The molecule has 3 nitrogen and oxygen atoms in total. The molecule has 4 aromatic rings. The summed E-state index contributed by atoms with van der Waals surface area (Å²) in [7, 11) is 0. The highest BCUT2D eigenvalue weighted by Crippen LogP contribution is 2.20. The minimum Gasteiger partial charge on any atom is -0.316 e. The zero-order valence-electron chi connectivity index (χ0n) is 14.9. The Kier molecular flexibility index (Phi) is 4.43. The first-order valence-corrected chi connectivity index (χ1v) is 9.65. The van der Waals surface area contributed by atoms with Crippen molar-refractivity contribution in [2.24, 2.45) is 4.99 Å². The maximum absolute atomic E-state index is 12.8. The second-order valence-corrected chi connectivity index (χ2v) is 7.50. The van der Waals surface area contributed by atoms with Crippen LogP contribution in [0.3, 0.4) is 0 Å². The van der Waals surface area contributed by atoms with E-state index in [2.05, 4.69) is 41.6 Å². The average Bonchev–Trinajstić information content (AvgIpc) is 2.98. The lowest BCUT2D eigenvalue weighted by Gasteiger charge is -2.03. The molecule has 26 heavy (non-hydrogen) atoms. The van der Waals surface area contributed by atoms with Gasteiger partial charge in [-0.2, -0.15) is 4.99 Å². The second kappa shape index (κ2) is 6.89. The summed E-state index contributed by atoms with van der Waals surface area (Å²) >= 11 is 1.58. The predicted molar refractivity (Wildman–Crippen MR) is 109 cm³/mol. The Balaban J connectivity index is 1.83. The first-order chi connectivity index (χ1) is 12.7. The Morgan fingerprint density at radius 3 is 2.65 bits per heavy atom. The SMILES string of the molecule is CCCn1c(=NC(=O)c2ccc3ccccc3c2)sc2cc(C)ccc21. The topological polar surface area (TPSA) is 34.4 Å². The van der Waals surface area contributed by atoms with Crippen molar-refractivity contribution >= 4 is 38.2 Å². The van der Waals surface area contributed by atoms with E-state index < -0.39 is 0 Å². The molecule has 0 aliphatic heterocycles. The lowest BCUT2D eigenvalue weighted by Crippen LogP contribution is -2.16. The Hall–Kier alpha value is -2.72. The van der Waals surface area contributed by atoms with Gasteiger partial charge < -0.3 is 4.57 Å². The molecule has 3 aromatic carbocycles. The van der Waals surface area contributed by atoms with Gasteiger partial charge in [0.2, 0.25) is 0 Å². The van der Waals surface area contributed by atoms with E-state index in [1.807, 2.05) is 42.5 Å². The van der Waals surface area contributed by atoms with Gasteiger partial charge in [0.1, 0.15) is 0 Å². The number of fused-ring (bicyclic) bond motifs is 2. The number of thiazole rings is 1. The highest BCUT2D eigenvalue weighted by Gasteiger charge is 2.09. The number of amides is 1. The zero-order valence-corrected chi connectivity index (χ0v) is 15.7. The molecule has 1 amide bonds. The van der Waals surface area contributed by atoms with Crippen LogP contribution in [0.2, 0.25) is 0 Å². The largest absolute Gasteiger partial charge is 0.316 e. The van der Waals surface area contributed by atoms with Crippen molar-refractivity contribution in [3.8, 4) is 0 Å². The number of carbonyl (C=O) groups is 1. The summed E-state index contributed by atoms with van der Waals surface area (Å²) in [6, 6.07) is 20.2. The molecule has 0 N–H and O–H groups in total. The summed E-state index contributed by atoms with van der Waals surface area (Å²) in [5.41, 5.74) is 2.99. The smallest absolute Gasteiger partial charge is 0.279 e. The molecule has 0 unspecified atom stereocenters. The molecule has 1 heterocycles. The normalized spacial score (nSPS) is 12.2. The first-order valence-electron chi connectivity index (χ1n) is 8.83. The van der Waals surface area contributed by atoms with Crippen LogP contribution in [-0.4, -0.2) is 10.5 Å². The number of nitrogens with zero attached hydrogens (tertiary/aromatic N) is 2. The number of carbonyl (C=O) groups excluding carboxylic acids is 1. The number of rotatable bonds is 3. The molecule has 0 atom stereocenters. The van der Waals surface area contributed by atoms with Gasteiger partial charge in [-0.05, 0) is 53.9 Å². The van der Waals surface area contributed by atoms with Gasteiger partial charge in [-0.15, -0.1) is 0 Å². The highest BCUT2D eigenvalue weighted by atomic mass is 32.1. The van der Waals surface area contributed by atoms with Crippen molar-refractivity contribution in [3.63, 3.8) is 0 Å². The molecule has 0 aliphatic rings. The van der Waals surface area contributed by atoms with Crippen LogP contribution < -0.4 is 4.80 Å². The Bertz CT molecular complexity index is 1180. The Morgan fingerprint density at radius 2 is 1.85 bits per heavy atom. The molecule has 130 valence electrons. The summed E-state index contributed by atoms with van der Waals surface area (Å²) in [6.07, 6.45) is 0.997. The van der Waals surface area contributed by atoms with Crippen LogP contribution in [0.1, 0.15) is 29.3 Å². The monoisotopic (exact) mass is 360 g/mol.